The SMILES string of the molecule is CC[C@H](CC(=O)[C@H](Cc1cn(Cc2ccc(Br)cc2)c2ccccc12)N(C)C(=O)[C@@H](CC(=O)[C@H](CC(C)C)N(C)C(=O)[C@@H](N)CC)CC(C)C)C(=O)N(C)[C@@H](C)C(=O)O[C@H](CCC#N)C(=O)O.Cl. The van der Waals surface area contributed by atoms with Crippen LogP contribution in [-0.4, -0.2) is 117 Å². The maximum atomic E-state index is 15.0. The molecule has 0 saturated heterocycles. The molecule has 0 fully saturated rings. The molecule has 3 aromatic rings. The van der Waals surface area contributed by atoms with Crippen LogP contribution in [0.2, 0.25) is 0 Å². The Morgan fingerprint density at radius 2 is 1.34 bits per heavy atom. The molecule has 68 heavy (non-hydrogen) atoms. The van der Waals surface area contributed by atoms with E-state index in [2.05, 4.69) is 20.5 Å². The molecule has 3 rings (SSSR count). The van der Waals surface area contributed by atoms with Crippen molar-refractivity contribution in [2.24, 2.45) is 29.4 Å². The third-order valence-electron chi connectivity index (χ3n) is 12.5. The first-order valence-corrected chi connectivity index (χ1v) is 24.1. The monoisotopic (exact) mass is 1030 g/mol. The van der Waals surface area contributed by atoms with Gasteiger partial charge in [-0.15, -0.1) is 12.4 Å². The average Bonchev–Trinajstić information content (AvgIpc) is 3.64. The minimum Gasteiger partial charge on any atom is -0.479 e. The van der Waals surface area contributed by atoms with Gasteiger partial charge in [0.25, 0.3) is 0 Å². The molecular weight excluding hydrogens is 956 g/mol. The number of nitrogens with two attached hydrogens (primary N) is 1. The molecule has 2 aromatic carbocycles. The van der Waals surface area contributed by atoms with E-state index in [-0.39, 0.29) is 74.5 Å². The second-order valence-corrected chi connectivity index (χ2v) is 19.5. The van der Waals surface area contributed by atoms with Gasteiger partial charge in [0, 0.05) is 93.2 Å². The van der Waals surface area contributed by atoms with Gasteiger partial charge in [0.1, 0.15) is 6.04 Å². The van der Waals surface area contributed by atoms with Gasteiger partial charge in [0.2, 0.25) is 17.7 Å². The van der Waals surface area contributed by atoms with Crippen LogP contribution >= 0.6 is 28.3 Å². The van der Waals surface area contributed by atoms with E-state index in [0.717, 1.165) is 31.4 Å². The maximum absolute atomic E-state index is 15.0. The fourth-order valence-corrected chi connectivity index (χ4v) is 8.63. The molecule has 1 aromatic heterocycles. The first kappa shape index (κ1) is 59.0. The Balaban J connectivity index is 0.0000159. The zero-order chi connectivity index (χ0) is 50.3. The highest BCUT2D eigenvalue weighted by atomic mass is 79.9. The number of Topliss-reactive ketones (excluding diaryl/α,β-unsaturated/α-hetero) is 2. The summed E-state index contributed by atoms with van der Waals surface area (Å²) in [6, 6.07) is 13.7. The molecule has 3 amide bonds. The summed E-state index contributed by atoms with van der Waals surface area (Å²) in [4.78, 5) is 100. The first-order valence-electron chi connectivity index (χ1n) is 23.3. The number of ether oxygens (including phenoxy) is 1. The number of carboxylic acid groups (broad SMARTS) is 1. The summed E-state index contributed by atoms with van der Waals surface area (Å²) in [7, 11) is 4.51. The Labute approximate surface area is 416 Å². The highest BCUT2D eigenvalue weighted by molar-refractivity contribution is 9.10. The number of aromatic nitrogens is 1. The lowest BCUT2D eigenvalue weighted by molar-refractivity contribution is -0.169. The number of halogens is 2. The number of aliphatic carboxylic acids is 1. The predicted octanol–water partition coefficient (Wildman–Crippen LogP) is 7.61. The summed E-state index contributed by atoms with van der Waals surface area (Å²) in [6.07, 6.45) is 0.950. The van der Waals surface area contributed by atoms with Crippen molar-refractivity contribution in [2.45, 2.75) is 143 Å². The van der Waals surface area contributed by atoms with Gasteiger partial charge in [-0.05, 0) is 73.8 Å². The summed E-state index contributed by atoms with van der Waals surface area (Å²) in [5.41, 5.74) is 8.88. The van der Waals surface area contributed by atoms with Crippen molar-refractivity contribution in [2.75, 3.05) is 21.1 Å². The van der Waals surface area contributed by atoms with Gasteiger partial charge in [-0.2, -0.15) is 5.26 Å². The lowest BCUT2D eigenvalue weighted by Gasteiger charge is -2.34. The third-order valence-corrected chi connectivity index (χ3v) is 13.1. The molecule has 0 aliphatic carbocycles. The molecule has 0 saturated carbocycles. The van der Waals surface area contributed by atoms with Crippen LogP contribution in [0.25, 0.3) is 10.9 Å². The normalized spacial score (nSPS) is 14.4. The number of carboxylic acids is 1. The van der Waals surface area contributed by atoms with Gasteiger partial charge in [-0.25, -0.2) is 9.59 Å². The van der Waals surface area contributed by atoms with Crippen molar-refractivity contribution in [3.63, 3.8) is 0 Å². The predicted molar refractivity (Wildman–Crippen MR) is 268 cm³/mol. The number of benzene rings is 2. The minimum atomic E-state index is -1.57. The Kier molecular flexibility index (Phi) is 24.1. The van der Waals surface area contributed by atoms with E-state index in [1.807, 2.05) is 88.5 Å². The molecule has 0 spiro atoms. The van der Waals surface area contributed by atoms with Gasteiger partial charge in [0.05, 0.1) is 24.2 Å². The van der Waals surface area contributed by atoms with Crippen LogP contribution in [0.5, 0.6) is 0 Å². The number of fused-ring (bicyclic) bond motifs is 1. The van der Waals surface area contributed by atoms with Gasteiger partial charge < -0.3 is 34.8 Å². The van der Waals surface area contributed by atoms with Crippen molar-refractivity contribution in [3.8, 4) is 6.07 Å². The summed E-state index contributed by atoms with van der Waals surface area (Å²) >= 11 is 3.50. The third kappa shape index (κ3) is 16.3. The number of hydrogen-bond acceptors (Lipinski definition) is 10. The van der Waals surface area contributed by atoms with Crippen molar-refractivity contribution in [1.29, 1.82) is 5.26 Å². The number of amides is 3. The number of ketones is 2. The lowest BCUT2D eigenvalue weighted by atomic mass is 9.86. The smallest absolute Gasteiger partial charge is 0.345 e. The van der Waals surface area contributed by atoms with E-state index in [9.17, 15) is 38.7 Å². The minimum absolute atomic E-state index is 0. The van der Waals surface area contributed by atoms with Crippen LogP contribution in [0.3, 0.4) is 0 Å². The number of esters is 1. The first-order chi connectivity index (χ1) is 31.6. The Hall–Kier alpha value is -5.11. The molecule has 7 atom stereocenters. The Morgan fingerprint density at radius 1 is 0.779 bits per heavy atom. The van der Waals surface area contributed by atoms with Gasteiger partial charge >= 0.3 is 11.9 Å². The van der Waals surface area contributed by atoms with E-state index >= 15 is 0 Å². The van der Waals surface area contributed by atoms with Crippen LogP contribution in [0.4, 0.5) is 0 Å². The van der Waals surface area contributed by atoms with Crippen LogP contribution in [-0.2, 0) is 51.3 Å². The second-order valence-electron chi connectivity index (χ2n) is 18.6. The van der Waals surface area contributed by atoms with E-state index in [1.54, 1.807) is 27.9 Å². The molecule has 17 heteroatoms. The summed E-state index contributed by atoms with van der Waals surface area (Å²) in [5, 5.41) is 19.4. The van der Waals surface area contributed by atoms with Crippen molar-refractivity contribution in [3.05, 3.63) is 70.3 Å². The van der Waals surface area contributed by atoms with Crippen LogP contribution < -0.4 is 5.73 Å². The zero-order valence-electron chi connectivity index (χ0n) is 41.3. The number of likely N-dealkylation sites (N-methyl/N-ethyl adjacent to an activating group) is 3. The highest BCUT2D eigenvalue weighted by Crippen LogP contribution is 2.29. The van der Waals surface area contributed by atoms with E-state index in [4.69, 9.17) is 15.7 Å². The van der Waals surface area contributed by atoms with Gasteiger partial charge in [0.15, 0.2) is 17.7 Å². The average molecular weight is 1030 g/mol. The van der Waals surface area contributed by atoms with Crippen molar-refractivity contribution in [1.82, 2.24) is 19.3 Å². The molecule has 0 aliphatic heterocycles. The largest absolute Gasteiger partial charge is 0.479 e. The molecule has 0 aliphatic rings. The molecule has 0 bridgehead atoms. The Morgan fingerprint density at radius 3 is 1.90 bits per heavy atom. The van der Waals surface area contributed by atoms with Crippen LogP contribution in [0.1, 0.15) is 111 Å². The molecule has 15 nitrogen and oxygen atoms in total. The zero-order valence-corrected chi connectivity index (χ0v) is 43.7. The van der Waals surface area contributed by atoms with E-state index in [1.165, 1.54) is 23.8 Å². The second kappa shape index (κ2) is 27.8. The van der Waals surface area contributed by atoms with Crippen molar-refractivity contribution < 1.29 is 43.4 Å². The fraction of sp³-hybridized carbons (Fsp3) is 0.569. The van der Waals surface area contributed by atoms with Crippen LogP contribution in [0.15, 0.2) is 59.2 Å². The van der Waals surface area contributed by atoms with E-state index < -0.39 is 71.6 Å². The van der Waals surface area contributed by atoms with Crippen molar-refractivity contribution >= 4 is 80.5 Å². The van der Waals surface area contributed by atoms with Crippen LogP contribution in [0, 0.1) is 35.0 Å². The fourth-order valence-electron chi connectivity index (χ4n) is 8.37. The quantitative estimate of drug-likeness (QED) is 0.0709. The molecular formula is C51H72BrClN6O9. The molecule has 0 unspecified atom stereocenters. The highest BCUT2D eigenvalue weighted by Gasteiger charge is 2.39. The number of rotatable bonds is 27. The summed E-state index contributed by atoms with van der Waals surface area (Å²) in [5.74, 6) is -6.13. The molecule has 0 radical (unpaired) electrons. The number of para-hydroxylation sites is 1. The topological polar surface area (TPSA) is 213 Å². The molecule has 3 N–H and O–H groups in total. The number of carbonyl (C=O) groups excluding carboxylic acids is 6. The Bertz CT molecular complexity index is 2240. The summed E-state index contributed by atoms with van der Waals surface area (Å²) < 4.78 is 8.23. The number of nitrogens with zero attached hydrogens (tertiary/aromatic N) is 5. The maximum Gasteiger partial charge on any atom is 0.345 e. The summed E-state index contributed by atoms with van der Waals surface area (Å²) in [6.45, 7) is 13.3. The number of nitriles is 1. The van der Waals surface area contributed by atoms with E-state index in [0.29, 0.717) is 25.8 Å². The molecule has 374 valence electrons. The number of hydrogen-bond donors (Lipinski definition) is 2. The molecule has 1 heterocycles. The van der Waals surface area contributed by atoms with Gasteiger partial charge in [-0.3, -0.25) is 24.0 Å². The van der Waals surface area contributed by atoms with Gasteiger partial charge in [-0.1, -0.05) is 87.8 Å². The standard InChI is InChI=1S/C51H71BrN6O9.ClH/c1-11-35(47(61)55(8)33(7)51(66)67-46(50(64)65)18-15-23-53)27-44(59)43(26-37-30-58(41-17-14-13-16-39(37)41)29-34-19-21-38(52)22-20-34)56(9)48(62)36(24-31(3)4)28-45(60)42(25-32(5)6)57(10)49(63)40(54)12-2;/h13-14,16-17,19-22,30-33,35-36,40,42-43,46H,11-12,15,18,24-29,54H2,1-10H3,(H,64,65);1H/t33-,35+,36+,40-,42-,43-,46+;/m0./s1. The number of carbonyl (C=O) groups is 7. The lowest BCUT2D eigenvalue weighted by Crippen LogP contribution is -2.51.